The fourth-order valence-electron chi connectivity index (χ4n) is 1.93. The molecule has 0 bridgehead atoms. The molecule has 1 N–H and O–H groups in total. The highest BCUT2D eigenvalue weighted by molar-refractivity contribution is 5.92. The van der Waals surface area contributed by atoms with E-state index >= 15 is 0 Å². The number of fused-ring (bicyclic) bond motifs is 1. The maximum atomic E-state index is 12.9. The lowest BCUT2D eigenvalue weighted by atomic mass is 10.2. The molecule has 2 heterocycles. The number of amides is 1. The smallest absolute Gasteiger partial charge is 0.270 e. The van der Waals surface area contributed by atoms with Crippen LogP contribution in [-0.4, -0.2) is 17.7 Å². The first kappa shape index (κ1) is 12.4. The molecule has 1 aliphatic rings. The maximum Gasteiger partial charge on any atom is 0.270 e. The summed E-state index contributed by atoms with van der Waals surface area (Å²) >= 11 is 0. The lowest BCUT2D eigenvalue weighted by molar-refractivity contribution is 0.0944. The van der Waals surface area contributed by atoms with Gasteiger partial charge in [0.1, 0.15) is 5.69 Å². The van der Waals surface area contributed by atoms with Crippen molar-refractivity contribution in [3.63, 3.8) is 0 Å². The molecule has 0 aliphatic carbocycles. The molecule has 1 aliphatic heterocycles. The Balaban J connectivity index is 1.71. The van der Waals surface area contributed by atoms with Crippen molar-refractivity contribution in [3.8, 4) is 11.5 Å². The summed E-state index contributed by atoms with van der Waals surface area (Å²) in [5.41, 5.74) is 0.833. The van der Waals surface area contributed by atoms with E-state index in [0.717, 1.165) is 5.56 Å². The van der Waals surface area contributed by atoms with Gasteiger partial charge >= 0.3 is 0 Å². The molecule has 20 heavy (non-hydrogen) atoms. The zero-order valence-electron chi connectivity index (χ0n) is 10.4. The van der Waals surface area contributed by atoms with Crippen LogP contribution in [0.2, 0.25) is 0 Å². The van der Waals surface area contributed by atoms with E-state index in [-0.39, 0.29) is 19.0 Å². The molecule has 1 aromatic carbocycles. The van der Waals surface area contributed by atoms with Gasteiger partial charge in [0, 0.05) is 12.1 Å². The molecule has 3 rings (SSSR count). The van der Waals surface area contributed by atoms with Crippen LogP contribution >= 0.6 is 0 Å². The van der Waals surface area contributed by atoms with Crippen molar-refractivity contribution in [1.82, 2.24) is 10.3 Å². The van der Waals surface area contributed by atoms with Crippen LogP contribution in [-0.2, 0) is 6.54 Å². The summed E-state index contributed by atoms with van der Waals surface area (Å²) in [7, 11) is 0. The van der Waals surface area contributed by atoms with Crippen molar-refractivity contribution in [2.75, 3.05) is 6.79 Å². The number of ether oxygens (including phenoxy) is 2. The van der Waals surface area contributed by atoms with Crippen molar-refractivity contribution in [1.29, 1.82) is 0 Å². The topological polar surface area (TPSA) is 60.5 Å². The highest BCUT2D eigenvalue weighted by Crippen LogP contribution is 2.35. The van der Waals surface area contributed by atoms with E-state index < -0.39 is 11.9 Å². The largest absolute Gasteiger partial charge is 0.454 e. The van der Waals surface area contributed by atoms with Gasteiger partial charge in [-0.05, 0) is 18.2 Å². The van der Waals surface area contributed by atoms with Gasteiger partial charge in [0.15, 0.2) is 11.5 Å². The van der Waals surface area contributed by atoms with Gasteiger partial charge in [-0.3, -0.25) is 4.79 Å². The zero-order valence-corrected chi connectivity index (χ0v) is 10.4. The first-order valence-electron chi connectivity index (χ1n) is 6.02. The second-order valence-electron chi connectivity index (χ2n) is 4.18. The van der Waals surface area contributed by atoms with Crippen LogP contribution in [0.5, 0.6) is 11.5 Å². The Morgan fingerprint density at radius 2 is 2.10 bits per heavy atom. The van der Waals surface area contributed by atoms with Gasteiger partial charge < -0.3 is 14.8 Å². The summed E-state index contributed by atoms with van der Waals surface area (Å²) in [6.45, 7) is 0.426. The molecular formula is C14H11FN2O3. The average molecular weight is 274 g/mol. The lowest BCUT2D eigenvalue weighted by Gasteiger charge is -2.07. The number of para-hydroxylation sites is 1. The standard InChI is InChI=1S/C14H11FN2O3/c15-12-6-2-4-10(17-12)14(18)16-7-9-3-1-5-11-13(9)20-8-19-11/h1-6H,7-8H2,(H,16,18). The van der Waals surface area contributed by atoms with Crippen molar-refractivity contribution >= 4 is 5.91 Å². The zero-order chi connectivity index (χ0) is 13.9. The number of nitrogens with zero attached hydrogens (tertiary/aromatic N) is 1. The van der Waals surface area contributed by atoms with Gasteiger partial charge in [0.2, 0.25) is 12.7 Å². The number of carbonyl (C=O) groups is 1. The molecule has 0 saturated carbocycles. The van der Waals surface area contributed by atoms with Crippen LogP contribution in [0.15, 0.2) is 36.4 Å². The molecule has 1 amide bonds. The van der Waals surface area contributed by atoms with Gasteiger partial charge in [0.25, 0.3) is 5.91 Å². The molecule has 0 radical (unpaired) electrons. The number of carbonyl (C=O) groups excluding carboxylic acids is 1. The molecular weight excluding hydrogens is 263 g/mol. The predicted octanol–water partition coefficient (Wildman–Crippen LogP) is 1.88. The van der Waals surface area contributed by atoms with Crippen molar-refractivity contribution in [2.24, 2.45) is 0 Å². The van der Waals surface area contributed by atoms with Crippen LogP contribution in [0.4, 0.5) is 4.39 Å². The summed E-state index contributed by atoms with van der Waals surface area (Å²) in [6.07, 6.45) is 0. The van der Waals surface area contributed by atoms with E-state index in [9.17, 15) is 9.18 Å². The van der Waals surface area contributed by atoms with Crippen molar-refractivity contribution < 1.29 is 18.7 Å². The molecule has 0 atom stereocenters. The van der Waals surface area contributed by atoms with Crippen LogP contribution in [0, 0.1) is 5.95 Å². The summed E-state index contributed by atoms with van der Waals surface area (Å²) in [6, 6.07) is 9.51. The molecule has 0 saturated heterocycles. The number of rotatable bonds is 3. The van der Waals surface area contributed by atoms with Crippen LogP contribution in [0.3, 0.4) is 0 Å². The Morgan fingerprint density at radius 1 is 1.25 bits per heavy atom. The first-order valence-corrected chi connectivity index (χ1v) is 6.02. The monoisotopic (exact) mass is 274 g/mol. The molecule has 0 spiro atoms. The molecule has 102 valence electrons. The molecule has 6 heteroatoms. The number of halogens is 1. The number of benzene rings is 1. The fourth-order valence-corrected chi connectivity index (χ4v) is 1.93. The van der Waals surface area contributed by atoms with Crippen molar-refractivity contribution in [2.45, 2.75) is 6.54 Å². The molecule has 0 unspecified atom stereocenters. The Kier molecular flexibility index (Phi) is 3.20. The minimum Gasteiger partial charge on any atom is -0.454 e. The third-order valence-corrected chi connectivity index (χ3v) is 2.87. The average Bonchev–Trinajstić information content (AvgIpc) is 2.93. The minimum absolute atomic E-state index is 0.0368. The molecule has 5 nitrogen and oxygen atoms in total. The van der Waals surface area contributed by atoms with E-state index in [0.29, 0.717) is 11.5 Å². The molecule has 2 aromatic rings. The Bertz CT molecular complexity index is 661. The van der Waals surface area contributed by atoms with Gasteiger partial charge in [-0.15, -0.1) is 0 Å². The van der Waals surface area contributed by atoms with Gasteiger partial charge in [-0.2, -0.15) is 4.39 Å². The van der Waals surface area contributed by atoms with E-state index in [1.54, 1.807) is 6.07 Å². The second-order valence-corrected chi connectivity index (χ2v) is 4.18. The van der Waals surface area contributed by atoms with Crippen LogP contribution in [0.1, 0.15) is 16.1 Å². The van der Waals surface area contributed by atoms with Gasteiger partial charge in [-0.1, -0.05) is 18.2 Å². The third kappa shape index (κ3) is 2.40. The SMILES string of the molecule is O=C(NCc1cccc2c1OCO2)c1cccc(F)n1. The summed E-state index contributed by atoms with van der Waals surface area (Å²) in [5, 5.41) is 2.67. The van der Waals surface area contributed by atoms with E-state index in [4.69, 9.17) is 9.47 Å². The molecule has 1 aromatic heterocycles. The maximum absolute atomic E-state index is 12.9. The summed E-state index contributed by atoms with van der Waals surface area (Å²) in [4.78, 5) is 15.4. The third-order valence-electron chi connectivity index (χ3n) is 2.87. The minimum atomic E-state index is -0.685. The molecule has 0 fully saturated rings. The quantitative estimate of drug-likeness (QED) is 0.868. The van der Waals surface area contributed by atoms with Crippen molar-refractivity contribution in [3.05, 3.63) is 53.6 Å². The highest BCUT2D eigenvalue weighted by Gasteiger charge is 2.17. The lowest BCUT2D eigenvalue weighted by Crippen LogP contribution is -2.24. The second kappa shape index (κ2) is 5.16. The predicted molar refractivity (Wildman–Crippen MR) is 67.9 cm³/mol. The highest BCUT2D eigenvalue weighted by atomic mass is 19.1. The Hall–Kier alpha value is -2.63. The summed E-state index contributed by atoms with van der Waals surface area (Å²) < 4.78 is 23.5. The number of hydrogen-bond acceptors (Lipinski definition) is 4. The number of nitrogens with one attached hydrogen (secondary N) is 1. The van der Waals surface area contributed by atoms with Gasteiger partial charge in [0.05, 0.1) is 0 Å². The fraction of sp³-hybridized carbons (Fsp3) is 0.143. The van der Waals surface area contributed by atoms with E-state index in [1.165, 1.54) is 18.2 Å². The number of hydrogen-bond donors (Lipinski definition) is 1. The van der Waals surface area contributed by atoms with E-state index in [1.807, 2.05) is 12.1 Å². The van der Waals surface area contributed by atoms with Gasteiger partial charge in [-0.25, -0.2) is 4.98 Å². The van der Waals surface area contributed by atoms with Crippen LogP contribution < -0.4 is 14.8 Å². The Morgan fingerprint density at radius 3 is 2.95 bits per heavy atom. The van der Waals surface area contributed by atoms with Crippen LogP contribution in [0.25, 0.3) is 0 Å². The first-order chi connectivity index (χ1) is 9.74. The Labute approximate surface area is 114 Å². The normalized spacial score (nSPS) is 12.2. The summed E-state index contributed by atoms with van der Waals surface area (Å²) in [5.74, 6) is 0.150. The number of aromatic nitrogens is 1. The van der Waals surface area contributed by atoms with E-state index in [2.05, 4.69) is 10.3 Å². The number of pyridine rings is 1.